The zero-order valence-corrected chi connectivity index (χ0v) is 33.0. The van der Waals surface area contributed by atoms with Gasteiger partial charge in [-0.15, -0.1) is 0 Å². The third-order valence-electron chi connectivity index (χ3n) is 8.84. The molecule has 0 aromatic carbocycles. The van der Waals surface area contributed by atoms with Gasteiger partial charge in [0.05, 0.1) is 19.8 Å². The van der Waals surface area contributed by atoms with Crippen molar-refractivity contribution in [2.45, 2.75) is 173 Å². The van der Waals surface area contributed by atoms with Gasteiger partial charge in [0.15, 0.2) is 6.29 Å². The molecule has 9 nitrogen and oxygen atoms in total. The topological polar surface area (TPSA) is 135 Å². The lowest BCUT2D eigenvalue weighted by Gasteiger charge is -2.39. The fraction of sp³-hybridized carbons (Fsp3) is 0.705. The van der Waals surface area contributed by atoms with E-state index in [1.807, 2.05) is 0 Å². The van der Waals surface area contributed by atoms with Crippen molar-refractivity contribution < 1.29 is 44.2 Å². The molecule has 1 rings (SSSR count). The molecule has 6 atom stereocenters. The van der Waals surface area contributed by atoms with Gasteiger partial charge in [-0.05, 0) is 77.0 Å². The maximum atomic E-state index is 12.7. The molecule has 1 saturated heterocycles. The van der Waals surface area contributed by atoms with Crippen LogP contribution in [0.15, 0.2) is 72.9 Å². The van der Waals surface area contributed by atoms with Gasteiger partial charge in [0.2, 0.25) is 0 Å². The van der Waals surface area contributed by atoms with Gasteiger partial charge in [0.25, 0.3) is 0 Å². The average molecular weight is 747 g/mol. The third-order valence-corrected chi connectivity index (χ3v) is 8.84. The van der Waals surface area contributed by atoms with E-state index in [4.69, 9.17) is 18.9 Å². The summed E-state index contributed by atoms with van der Waals surface area (Å²) in [6.07, 6.45) is 37.8. The molecular formula is C44H74O9. The number of esters is 1. The molecule has 304 valence electrons. The smallest absolute Gasteiger partial charge is 0.306 e. The largest absolute Gasteiger partial charge is 0.457 e. The number of allylic oxidation sites excluding steroid dienone is 12. The highest BCUT2D eigenvalue weighted by Gasteiger charge is 2.44. The standard InChI is InChI=1S/C44H74O9/c1-3-5-7-9-11-13-15-16-17-18-19-20-21-22-23-25-27-29-31-33-40(46)52-38(37-51-44-43(49)42(48)41(47)39(35-45)53-44)36-50-34-32-30-28-26-24-14-12-10-8-6-4-2/h5,7-8,10-11,13,16-17,19-20,22-23,38-39,41-45,47-49H,3-4,6,9,12,14-15,18,21,24-37H2,1-2H3/b7-5-,10-8-,13-11-,17-16-,20-19-,23-22-. The van der Waals surface area contributed by atoms with Crippen molar-refractivity contribution in [3.63, 3.8) is 0 Å². The number of hydrogen-bond acceptors (Lipinski definition) is 9. The Morgan fingerprint density at radius 2 is 1.15 bits per heavy atom. The van der Waals surface area contributed by atoms with Crippen LogP contribution in [0.1, 0.15) is 136 Å². The van der Waals surface area contributed by atoms with E-state index in [0.29, 0.717) is 13.0 Å². The lowest BCUT2D eigenvalue weighted by molar-refractivity contribution is -0.305. The summed E-state index contributed by atoms with van der Waals surface area (Å²) in [7, 11) is 0. The van der Waals surface area contributed by atoms with Gasteiger partial charge in [0, 0.05) is 13.0 Å². The molecule has 53 heavy (non-hydrogen) atoms. The van der Waals surface area contributed by atoms with E-state index in [9.17, 15) is 25.2 Å². The first-order valence-corrected chi connectivity index (χ1v) is 20.5. The molecular weight excluding hydrogens is 672 g/mol. The molecule has 0 aliphatic carbocycles. The van der Waals surface area contributed by atoms with E-state index in [0.717, 1.165) is 83.5 Å². The van der Waals surface area contributed by atoms with Crippen molar-refractivity contribution in [3.05, 3.63) is 72.9 Å². The second-order valence-corrected chi connectivity index (χ2v) is 13.7. The summed E-state index contributed by atoms with van der Waals surface area (Å²) in [4.78, 5) is 12.7. The Labute approximate surface area is 321 Å². The summed E-state index contributed by atoms with van der Waals surface area (Å²) in [6.45, 7) is 4.30. The van der Waals surface area contributed by atoms with E-state index in [1.54, 1.807) is 0 Å². The summed E-state index contributed by atoms with van der Waals surface area (Å²) in [5, 5.41) is 40.0. The van der Waals surface area contributed by atoms with Crippen LogP contribution >= 0.6 is 0 Å². The molecule has 0 aromatic rings. The molecule has 4 N–H and O–H groups in total. The molecule has 0 spiro atoms. The maximum Gasteiger partial charge on any atom is 0.306 e. The van der Waals surface area contributed by atoms with E-state index in [2.05, 4.69) is 86.8 Å². The first kappa shape index (κ1) is 48.6. The minimum atomic E-state index is -1.55. The van der Waals surface area contributed by atoms with Gasteiger partial charge >= 0.3 is 5.97 Å². The molecule has 0 bridgehead atoms. The molecule has 6 unspecified atom stereocenters. The molecule has 0 saturated carbocycles. The second-order valence-electron chi connectivity index (χ2n) is 13.7. The molecule has 1 heterocycles. The van der Waals surface area contributed by atoms with Crippen LogP contribution in [0.4, 0.5) is 0 Å². The van der Waals surface area contributed by atoms with Crippen LogP contribution in [0.25, 0.3) is 0 Å². The van der Waals surface area contributed by atoms with Crippen LogP contribution in [0.2, 0.25) is 0 Å². The number of carbonyl (C=O) groups is 1. The van der Waals surface area contributed by atoms with Crippen molar-refractivity contribution >= 4 is 5.97 Å². The van der Waals surface area contributed by atoms with Crippen molar-refractivity contribution in [2.24, 2.45) is 0 Å². The highest BCUT2D eigenvalue weighted by Crippen LogP contribution is 2.22. The maximum absolute atomic E-state index is 12.7. The summed E-state index contributed by atoms with van der Waals surface area (Å²) < 4.78 is 22.7. The van der Waals surface area contributed by atoms with Gasteiger partial charge in [0.1, 0.15) is 30.5 Å². The van der Waals surface area contributed by atoms with Crippen LogP contribution in [0.3, 0.4) is 0 Å². The minimum absolute atomic E-state index is 0.122. The summed E-state index contributed by atoms with van der Waals surface area (Å²) in [5.74, 6) is -0.351. The van der Waals surface area contributed by atoms with Crippen molar-refractivity contribution in [1.29, 1.82) is 0 Å². The first-order valence-electron chi connectivity index (χ1n) is 20.5. The fourth-order valence-electron chi connectivity index (χ4n) is 5.64. The van der Waals surface area contributed by atoms with Crippen LogP contribution in [-0.4, -0.2) is 89.6 Å². The summed E-state index contributed by atoms with van der Waals surface area (Å²) in [6, 6.07) is 0. The SMILES string of the molecule is CC/C=C\C/C=C\C/C=C\C/C=C\C/C=C\CCCCCC(=O)OC(COCCCCCCCC/C=C\CCC)COC1OC(CO)C(O)C(O)C1O. The van der Waals surface area contributed by atoms with Gasteiger partial charge in [-0.2, -0.15) is 0 Å². The number of rotatable bonds is 33. The van der Waals surface area contributed by atoms with Gasteiger partial charge in [-0.1, -0.05) is 125 Å². The van der Waals surface area contributed by atoms with Crippen LogP contribution < -0.4 is 0 Å². The summed E-state index contributed by atoms with van der Waals surface area (Å²) >= 11 is 0. The first-order chi connectivity index (χ1) is 25.9. The van der Waals surface area contributed by atoms with Crippen molar-refractivity contribution in [2.75, 3.05) is 26.4 Å². The van der Waals surface area contributed by atoms with Crippen LogP contribution in [0, 0.1) is 0 Å². The van der Waals surface area contributed by atoms with Gasteiger partial charge < -0.3 is 39.4 Å². The zero-order chi connectivity index (χ0) is 38.6. The highest BCUT2D eigenvalue weighted by molar-refractivity contribution is 5.69. The lowest BCUT2D eigenvalue weighted by atomic mass is 9.99. The van der Waals surface area contributed by atoms with Crippen LogP contribution in [0.5, 0.6) is 0 Å². The molecule has 1 aliphatic heterocycles. The highest BCUT2D eigenvalue weighted by atomic mass is 16.7. The number of aliphatic hydroxyl groups excluding tert-OH is 4. The fourth-order valence-corrected chi connectivity index (χ4v) is 5.64. The van der Waals surface area contributed by atoms with E-state index in [-0.39, 0.29) is 25.6 Å². The van der Waals surface area contributed by atoms with Gasteiger partial charge in [-0.25, -0.2) is 0 Å². The number of carbonyl (C=O) groups excluding carboxylic acids is 1. The predicted molar refractivity (Wildman–Crippen MR) is 214 cm³/mol. The van der Waals surface area contributed by atoms with E-state index in [1.165, 1.54) is 25.7 Å². The number of aliphatic hydroxyl groups is 4. The Hall–Kier alpha value is -2.37. The number of ether oxygens (including phenoxy) is 4. The van der Waals surface area contributed by atoms with Crippen molar-refractivity contribution in [1.82, 2.24) is 0 Å². The van der Waals surface area contributed by atoms with Gasteiger partial charge in [-0.3, -0.25) is 4.79 Å². The Morgan fingerprint density at radius 1 is 0.623 bits per heavy atom. The molecule has 0 aromatic heterocycles. The monoisotopic (exact) mass is 747 g/mol. The second kappa shape index (κ2) is 35.3. The van der Waals surface area contributed by atoms with Crippen molar-refractivity contribution in [3.8, 4) is 0 Å². The third kappa shape index (κ3) is 27.0. The number of unbranched alkanes of at least 4 members (excludes halogenated alkanes) is 10. The average Bonchev–Trinajstić information content (AvgIpc) is 3.16. The van der Waals surface area contributed by atoms with E-state index < -0.39 is 43.4 Å². The normalized spacial score (nSPS) is 21.8. The Bertz CT molecular complexity index is 1030. The van der Waals surface area contributed by atoms with E-state index >= 15 is 0 Å². The predicted octanol–water partition coefficient (Wildman–Crippen LogP) is 8.52. The Morgan fingerprint density at radius 3 is 1.75 bits per heavy atom. The number of hydrogen-bond donors (Lipinski definition) is 4. The quantitative estimate of drug-likeness (QED) is 0.0296. The minimum Gasteiger partial charge on any atom is -0.457 e. The zero-order valence-electron chi connectivity index (χ0n) is 33.0. The molecule has 1 fully saturated rings. The van der Waals surface area contributed by atoms with Crippen LogP contribution in [-0.2, 0) is 23.7 Å². The molecule has 0 radical (unpaired) electrons. The molecule has 9 heteroatoms. The Kier molecular flexibility index (Phi) is 32.4. The molecule has 1 aliphatic rings. The summed E-state index contributed by atoms with van der Waals surface area (Å²) in [5.41, 5.74) is 0. The molecule has 0 amide bonds. The Balaban J connectivity index is 2.34. The lowest BCUT2D eigenvalue weighted by Crippen LogP contribution is -2.59.